The number of carbonyl (C=O) groups excluding carboxylic acids is 1. The van der Waals surface area contributed by atoms with Gasteiger partial charge in [-0.05, 0) is 30.2 Å². The van der Waals surface area contributed by atoms with E-state index in [2.05, 4.69) is 26.1 Å². The third kappa shape index (κ3) is 4.46. The number of hydrogen-bond acceptors (Lipinski definition) is 5. The first-order chi connectivity index (χ1) is 14.1. The molecule has 1 heterocycles. The van der Waals surface area contributed by atoms with Crippen molar-refractivity contribution in [3.05, 3.63) is 80.6 Å². The second-order valence-electron chi connectivity index (χ2n) is 6.15. The van der Waals surface area contributed by atoms with Gasteiger partial charge in [0.15, 0.2) is 0 Å². The number of hydrogen-bond donors (Lipinski definition) is 2. The molecule has 0 saturated carbocycles. The highest BCUT2D eigenvalue weighted by atomic mass is 79.9. The highest BCUT2D eigenvalue weighted by Gasteiger charge is 2.25. The van der Waals surface area contributed by atoms with Crippen molar-refractivity contribution in [2.45, 2.75) is 13.3 Å². The van der Waals surface area contributed by atoms with Crippen LogP contribution in [0.4, 0.5) is 0 Å². The number of oxime groups is 1. The lowest BCUT2D eigenvalue weighted by Gasteiger charge is -2.17. The number of esters is 1. The highest BCUT2D eigenvalue weighted by Crippen LogP contribution is 2.33. The molecular weight excluding hydrogens is 436 g/mol. The van der Waals surface area contributed by atoms with Crippen molar-refractivity contribution in [3.63, 3.8) is 0 Å². The van der Waals surface area contributed by atoms with Crippen molar-refractivity contribution >= 4 is 28.1 Å². The maximum absolute atomic E-state index is 13.0. The number of halogens is 1. The Kier molecular flexibility index (Phi) is 6.61. The number of ether oxygens (including phenoxy) is 1. The summed E-state index contributed by atoms with van der Waals surface area (Å²) in [6, 6.07) is 16.4. The van der Waals surface area contributed by atoms with Gasteiger partial charge in [-0.2, -0.15) is 0 Å². The molecule has 0 amide bonds. The fourth-order valence-electron chi connectivity index (χ4n) is 3.13. The van der Waals surface area contributed by atoms with Crippen LogP contribution in [0.25, 0.3) is 22.4 Å². The summed E-state index contributed by atoms with van der Waals surface area (Å²) in [5.74, 6) is -0.539. The van der Waals surface area contributed by atoms with Crippen molar-refractivity contribution in [2.24, 2.45) is 5.16 Å². The zero-order valence-electron chi connectivity index (χ0n) is 15.7. The molecule has 0 aliphatic heterocycles. The third-order valence-corrected chi connectivity index (χ3v) is 4.90. The largest absolute Gasteiger partial charge is 0.462 e. The van der Waals surface area contributed by atoms with E-state index < -0.39 is 5.97 Å². The van der Waals surface area contributed by atoms with Crippen LogP contribution in [0.15, 0.2) is 69.0 Å². The molecule has 0 atom stereocenters. The van der Waals surface area contributed by atoms with Gasteiger partial charge in [-0.25, -0.2) is 4.79 Å². The van der Waals surface area contributed by atoms with E-state index in [1.165, 1.54) is 6.21 Å². The van der Waals surface area contributed by atoms with Gasteiger partial charge in [0, 0.05) is 28.2 Å². The minimum absolute atomic E-state index is 0.0586. The van der Waals surface area contributed by atoms with Crippen molar-refractivity contribution in [1.82, 2.24) is 4.98 Å². The average Bonchev–Trinajstić information content (AvgIpc) is 2.73. The van der Waals surface area contributed by atoms with Gasteiger partial charge < -0.3 is 14.9 Å². The maximum atomic E-state index is 13.0. The van der Waals surface area contributed by atoms with Gasteiger partial charge in [0.05, 0.1) is 17.9 Å². The van der Waals surface area contributed by atoms with Crippen molar-refractivity contribution in [2.75, 3.05) is 6.61 Å². The Morgan fingerprint density at radius 3 is 2.45 bits per heavy atom. The van der Waals surface area contributed by atoms with Crippen LogP contribution < -0.4 is 5.56 Å². The van der Waals surface area contributed by atoms with Gasteiger partial charge in [0.2, 0.25) is 0 Å². The first-order valence-electron chi connectivity index (χ1n) is 9.00. The molecule has 0 fully saturated rings. The molecule has 2 aromatic carbocycles. The molecule has 1 aromatic heterocycles. The number of carbonyl (C=O) groups is 1. The Morgan fingerprint density at radius 1 is 1.14 bits per heavy atom. The summed E-state index contributed by atoms with van der Waals surface area (Å²) in [6.45, 7) is 1.92. The van der Waals surface area contributed by atoms with Crippen LogP contribution in [-0.2, 0) is 11.2 Å². The monoisotopic (exact) mass is 454 g/mol. The molecule has 0 aliphatic rings. The SMILES string of the molecule is CCOC(=O)c1c(-c2ccc(Br)cc2)[nH]c(=O)c(C/C=N\O)c1-c1ccccc1. The van der Waals surface area contributed by atoms with Gasteiger partial charge in [0.1, 0.15) is 0 Å². The molecule has 0 saturated heterocycles. The van der Waals surface area contributed by atoms with Gasteiger partial charge in [-0.1, -0.05) is 58.4 Å². The highest BCUT2D eigenvalue weighted by molar-refractivity contribution is 9.10. The van der Waals surface area contributed by atoms with Gasteiger partial charge >= 0.3 is 5.97 Å². The molecule has 3 aromatic rings. The van der Waals surface area contributed by atoms with E-state index in [0.717, 1.165) is 4.47 Å². The van der Waals surface area contributed by atoms with E-state index in [4.69, 9.17) is 9.94 Å². The third-order valence-electron chi connectivity index (χ3n) is 4.37. The van der Waals surface area contributed by atoms with Crippen LogP contribution >= 0.6 is 15.9 Å². The van der Waals surface area contributed by atoms with Crippen LogP contribution in [0.2, 0.25) is 0 Å². The van der Waals surface area contributed by atoms with Crippen LogP contribution in [0.1, 0.15) is 22.8 Å². The van der Waals surface area contributed by atoms with Gasteiger partial charge in [-0.3, -0.25) is 4.79 Å². The summed E-state index contributed by atoms with van der Waals surface area (Å²) in [4.78, 5) is 28.8. The van der Waals surface area contributed by atoms with E-state index in [-0.39, 0.29) is 24.2 Å². The molecular formula is C22H19BrN2O4. The zero-order valence-corrected chi connectivity index (χ0v) is 17.3. The second-order valence-corrected chi connectivity index (χ2v) is 7.07. The Labute approximate surface area is 176 Å². The van der Waals surface area contributed by atoms with Crippen LogP contribution in [0.5, 0.6) is 0 Å². The summed E-state index contributed by atoms with van der Waals surface area (Å²) in [6.07, 6.45) is 1.27. The Balaban J connectivity index is 2.41. The summed E-state index contributed by atoms with van der Waals surface area (Å²) in [5, 5.41) is 11.9. The van der Waals surface area contributed by atoms with Crippen LogP contribution in [0.3, 0.4) is 0 Å². The molecule has 7 heteroatoms. The first kappa shape index (κ1) is 20.5. The fraction of sp³-hybridized carbons (Fsp3) is 0.136. The lowest BCUT2D eigenvalue weighted by atomic mass is 9.91. The molecule has 29 heavy (non-hydrogen) atoms. The molecule has 0 aliphatic carbocycles. The zero-order chi connectivity index (χ0) is 20.8. The van der Waals surface area contributed by atoms with Crippen LogP contribution in [0, 0.1) is 0 Å². The Bertz CT molecular complexity index is 1090. The number of aromatic amines is 1. The molecule has 2 N–H and O–H groups in total. The molecule has 0 bridgehead atoms. The quantitative estimate of drug-likeness (QED) is 0.245. The summed E-state index contributed by atoms with van der Waals surface area (Å²) in [7, 11) is 0. The summed E-state index contributed by atoms with van der Waals surface area (Å²) in [5.41, 5.74) is 2.43. The molecule has 0 unspecified atom stereocenters. The minimum Gasteiger partial charge on any atom is -0.462 e. The number of benzene rings is 2. The van der Waals surface area contributed by atoms with Crippen molar-refractivity contribution in [1.29, 1.82) is 0 Å². The predicted octanol–water partition coefficient (Wildman–Crippen LogP) is 4.65. The molecule has 148 valence electrons. The number of pyridine rings is 1. The lowest BCUT2D eigenvalue weighted by Crippen LogP contribution is -2.21. The summed E-state index contributed by atoms with van der Waals surface area (Å²) >= 11 is 3.39. The average molecular weight is 455 g/mol. The second kappa shape index (κ2) is 9.34. The molecule has 0 radical (unpaired) electrons. The van der Waals surface area contributed by atoms with E-state index >= 15 is 0 Å². The standard InChI is InChI=1S/C22H19BrN2O4/c1-2-29-22(27)19-18(14-6-4-3-5-7-14)17(12-13-24-28)21(26)25-20(19)15-8-10-16(23)11-9-15/h3-11,13,28H,2,12H2,1H3,(H,25,26)/b24-13-. The Morgan fingerprint density at radius 2 is 1.83 bits per heavy atom. The number of nitrogens with zero attached hydrogens (tertiary/aromatic N) is 1. The van der Waals surface area contributed by atoms with Gasteiger partial charge in [-0.15, -0.1) is 5.16 Å². The van der Waals surface area contributed by atoms with Gasteiger partial charge in [0.25, 0.3) is 5.56 Å². The smallest absolute Gasteiger partial charge is 0.340 e. The molecule has 0 spiro atoms. The minimum atomic E-state index is -0.539. The number of H-pyrrole nitrogens is 1. The summed E-state index contributed by atoms with van der Waals surface area (Å²) < 4.78 is 6.20. The molecule has 6 nitrogen and oxygen atoms in total. The van der Waals surface area contributed by atoms with Crippen LogP contribution in [-0.4, -0.2) is 29.0 Å². The van der Waals surface area contributed by atoms with Crippen molar-refractivity contribution < 1.29 is 14.7 Å². The Hall–Kier alpha value is -3.19. The van der Waals surface area contributed by atoms with E-state index in [9.17, 15) is 9.59 Å². The lowest BCUT2D eigenvalue weighted by molar-refractivity contribution is 0.0527. The maximum Gasteiger partial charge on any atom is 0.340 e. The predicted molar refractivity (Wildman–Crippen MR) is 116 cm³/mol. The number of nitrogens with one attached hydrogen (secondary N) is 1. The normalized spacial score (nSPS) is 11.0. The number of rotatable bonds is 6. The topological polar surface area (TPSA) is 91.8 Å². The van der Waals surface area contributed by atoms with Crippen molar-refractivity contribution in [3.8, 4) is 22.4 Å². The first-order valence-corrected chi connectivity index (χ1v) is 9.79. The fourth-order valence-corrected chi connectivity index (χ4v) is 3.40. The molecule has 3 rings (SSSR count). The van der Waals surface area contributed by atoms with E-state index in [1.807, 2.05) is 54.6 Å². The van der Waals surface area contributed by atoms with E-state index in [1.54, 1.807) is 6.92 Å². The number of aromatic nitrogens is 1. The van der Waals surface area contributed by atoms with E-state index in [0.29, 0.717) is 27.9 Å².